The Morgan fingerprint density at radius 3 is 1.52 bits per heavy atom. The average Bonchev–Trinajstić information content (AvgIpc) is 2.50. The molecule has 0 heterocycles. The van der Waals surface area contributed by atoms with Crippen molar-refractivity contribution in [2.75, 3.05) is 0 Å². The van der Waals surface area contributed by atoms with Gasteiger partial charge in [0.25, 0.3) is 0 Å². The lowest BCUT2D eigenvalue weighted by Crippen LogP contribution is -2.42. The molecule has 116 valence electrons. The number of nitrogens with zero attached hydrogens (tertiary/aromatic N) is 2. The number of rotatable bonds is 5. The van der Waals surface area contributed by atoms with Crippen LogP contribution >= 0.6 is 0 Å². The summed E-state index contributed by atoms with van der Waals surface area (Å²) in [5, 5.41) is 0. The van der Waals surface area contributed by atoms with E-state index in [0.29, 0.717) is 11.8 Å². The number of aliphatic imine (C=N–C) groups is 2. The highest BCUT2D eigenvalue weighted by Gasteiger charge is 2.44. The van der Waals surface area contributed by atoms with Gasteiger partial charge in [0.05, 0.1) is 0 Å². The second kappa shape index (κ2) is 7.68. The normalized spacial score (nSPS) is 23.9. The van der Waals surface area contributed by atoms with E-state index >= 15 is 0 Å². The predicted molar refractivity (Wildman–Crippen MR) is 81.3 cm³/mol. The number of carbonyl (C=O) groups excluding carboxylic acids is 2. The third kappa shape index (κ3) is 3.90. The number of isocyanates is 2. The van der Waals surface area contributed by atoms with Gasteiger partial charge < -0.3 is 0 Å². The minimum absolute atomic E-state index is 0.181. The van der Waals surface area contributed by atoms with E-state index in [4.69, 9.17) is 0 Å². The molecule has 0 aromatic heterocycles. The SMILES string of the molecule is CC(N=C=O)(N=C=O)C(C1CCCCC1)C1CCCCC1. The van der Waals surface area contributed by atoms with Gasteiger partial charge in [-0.25, -0.2) is 9.59 Å². The lowest BCUT2D eigenvalue weighted by atomic mass is 9.65. The third-order valence-electron chi connectivity index (χ3n) is 5.49. The van der Waals surface area contributed by atoms with E-state index in [0.717, 1.165) is 0 Å². The fourth-order valence-corrected chi connectivity index (χ4v) is 4.62. The molecule has 2 rings (SSSR count). The molecule has 0 radical (unpaired) electrons. The first-order valence-electron chi connectivity index (χ1n) is 8.39. The molecule has 0 aromatic carbocycles. The quantitative estimate of drug-likeness (QED) is 0.564. The molecule has 0 spiro atoms. The van der Waals surface area contributed by atoms with E-state index in [1.807, 2.05) is 6.92 Å². The van der Waals surface area contributed by atoms with Crippen LogP contribution in [0.25, 0.3) is 0 Å². The van der Waals surface area contributed by atoms with Crippen molar-refractivity contribution < 1.29 is 9.59 Å². The summed E-state index contributed by atoms with van der Waals surface area (Å²) in [4.78, 5) is 29.7. The summed E-state index contributed by atoms with van der Waals surface area (Å²) in [7, 11) is 0. The fourth-order valence-electron chi connectivity index (χ4n) is 4.62. The highest BCUT2D eigenvalue weighted by molar-refractivity contribution is 5.39. The Morgan fingerprint density at radius 2 is 1.19 bits per heavy atom. The van der Waals surface area contributed by atoms with Crippen molar-refractivity contribution in [1.29, 1.82) is 0 Å². The highest BCUT2D eigenvalue weighted by Crippen LogP contribution is 2.46. The first-order valence-corrected chi connectivity index (χ1v) is 8.39. The minimum Gasteiger partial charge on any atom is -0.211 e. The molecule has 2 aliphatic carbocycles. The van der Waals surface area contributed by atoms with E-state index in [-0.39, 0.29) is 5.92 Å². The zero-order chi connectivity index (χ0) is 15.1. The Balaban J connectivity index is 2.31. The zero-order valence-electron chi connectivity index (χ0n) is 13.0. The van der Waals surface area contributed by atoms with Gasteiger partial charge in [0.2, 0.25) is 12.2 Å². The summed E-state index contributed by atoms with van der Waals surface area (Å²) in [5.41, 5.74) is -0.965. The lowest BCUT2D eigenvalue weighted by Gasteiger charge is -2.43. The molecule has 0 aromatic rings. The van der Waals surface area contributed by atoms with Gasteiger partial charge in [-0.2, -0.15) is 9.98 Å². The summed E-state index contributed by atoms with van der Waals surface area (Å²) in [5.74, 6) is 1.21. The predicted octanol–water partition coefficient (Wildman–Crippen LogP) is 4.15. The molecule has 2 saturated carbocycles. The largest absolute Gasteiger partial charge is 0.237 e. The summed E-state index contributed by atoms with van der Waals surface area (Å²) in [6.07, 6.45) is 15.5. The Kier molecular flexibility index (Phi) is 5.90. The molecule has 0 amide bonds. The van der Waals surface area contributed by atoms with Crippen LogP contribution in [0.5, 0.6) is 0 Å². The van der Waals surface area contributed by atoms with Crippen LogP contribution in [0.15, 0.2) is 9.98 Å². The molecule has 0 unspecified atom stereocenters. The van der Waals surface area contributed by atoms with Crippen LogP contribution in [0.2, 0.25) is 0 Å². The van der Waals surface area contributed by atoms with Gasteiger partial charge in [-0.1, -0.05) is 64.2 Å². The molecular weight excluding hydrogens is 264 g/mol. The topological polar surface area (TPSA) is 58.9 Å². The standard InChI is InChI=1S/C17H26N2O2/c1-17(18-12-20,19-13-21)16(14-8-4-2-5-9-14)15-10-6-3-7-11-15/h14-16H,2-11H2,1H3. The summed E-state index contributed by atoms with van der Waals surface area (Å²) in [6, 6.07) is 0. The molecule has 0 saturated heterocycles. The van der Waals surface area contributed by atoms with Crippen molar-refractivity contribution in [2.45, 2.75) is 76.8 Å². The van der Waals surface area contributed by atoms with E-state index in [1.54, 1.807) is 12.2 Å². The fraction of sp³-hybridized carbons (Fsp3) is 0.882. The highest BCUT2D eigenvalue weighted by atomic mass is 16.1. The van der Waals surface area contributed by atoms with E-state index in [1.165, 1.54) is 64.2 Å². The minimum atomic E-state index is -0.965. The Bertz CT molecular complexity index is 388. The van der Waals surface area contributed by atoms with E-state index in [9.17, 15) is 9.59 Å². The maximum Gasteiger partial charge on any atom is 0.237 e. The Morgan fingerprint density at radius 1 is 0.810 bits per heavy atom. The van der Waals surface area contributed by atoms with Crippen molar-refractivity contribution in [2.24, 2.45) is 27.7 Å². The van der Waals surface area contributed by atoms with Gasteiger partial charge in [-0.05, 0) is 18.8 Å². The molecular formula is C17H26N2O2. The summed E-state index contributed by atoms with van der Waals surface area (Å²) in [6.45, 7) is 1.82. The van der Waals surface area contributed by atoms with Crippen LogP contribution in [-0.2, 0) is 9.59 Å². The average molecular weight is 290 g/mol. The zero-order valence-corrected chi connectivity index (χ0v) is 13.0. The Hall–Kier alpha value is -1.24. The molecule has 0 N–H and O–H groups in total. The van der Waals surface area contributed by atoms with E-state index in [2.05, 4.69) is 9.98 Å². The van der Waals surface area contributed by atoms with E-state index < -0.39 is 5.66 Å². The van der Waals surface area contributed by atoms with Crippen molar-refractivity contribution in [3.8, 4) is 0 Å². The smallest absolute Gasteiger partial charge is 0.211 e. The maximum atomic E-state index is 10.9. The van der Waals surface area contributed by atoms with Gasteiger partial charge in [-0.15, -0.1) is 0 Å². The van der Waals surface area contributed by atoms with Crippen LogP contribution in [0.3, 0.4) is 0 Å². The lowest BCUT2D eigenvalue weighted by molar-refractivity contribution is 0.0802. The van der Waals surface area contributed by atoms with Crippen LogP contribution in [0.4, 0.5) is 0 Å². The number of hydrogen-bond donors (Lipinski definition) is 0. The molecule has 0 aliphatic heterocycles. The van der Waals surface area contributed by atoms with Gasteiger partial charge >= 0.3 is 0 Å². The van der Waals surface area contributed by atoms with Crippen LogP contribution in [-0.4, -0.2) is 17.8 Å². The van der Waals surface area contributed by atoms with Gasteiger partial charge in [-0.3, -0.25) is 0 Å². The molecule has 2 fully saturated rings. The first kappa shape index (κ1) is 16.1. The second-order valence-electron chi connectivity index (χ2n) is 6.82. The van der Waals surface area contributed by atoms with Crippen molar-refractivity contribution in [1.82, 2.24) is 0 Å². The first-order chi connectivity index (χ1) is 10.2. The molecule has 0 atom stereocenters. The maximum absolute atomic E-state index is 10.9. The second-order valence-corrected chi connectivity index (χ2v) is 6.82. The van der Waals surface area contributed by atoms with Crippen LogP contribution in [0, 0.1) is 17.8 Å². The van der Waals surface area contributed by atoms with Crippen LogP contribution in [0.1, 0.15) is 71.1 Å². The molecule has 0 bridgehead atoms. The van der Waals surface area contributed by atoms with Crippen molar-refractivity contribution in [3.05, 3.63) is 0 Å². The van der Waals surface area contributed by atoms with Crippen molar-refractivity contribution in [3.63, 3.8) is 0 Å². The van der Waals surface area contributed by atoms with Crippen molar-refractivity contribution >= 4 is 12.2 Å². The molecule has 2 aliphatic rings. The molecule has 4 nitrogen and oxygen atoms in total. The molecule has 4 heteroatoms. The molecule has 21 heavy (non-hydrogen) atoms. The summed E-state index contributed by atoms with van der Waals surface area (Å²) < 4.78 is 0. The summed E-state index contributed by atoms with van der Waals surface area (Å²) >= 11 is 0. The van der Waals surface area contributed by atoms with Gasteiger partial charge in [0, 0.05) is 5.92 Å². The Labute approximate surface area is 127 Å². The number of hydrogen-bond acceptors (Lipinski definition) is 4. The third-order valence-corrected chi connectivity index (χ3v) is 5.49. The monoisotopic (exact) mass is 290 g/mol. The van der Waals surface area contributed by atoms with Gasteiger partial charge in [0.1, 0.15) is 0 Å². The van der Waals surface area contributed by atoms with Crippen LogP contribution < -0.4 is 0 Å². The van der Waals surface area contributed by atoms with Gasteiger partial charge in [0.15, 0.2) is 5.66 Å².